The maximum absolute atomic E-state index is 13.1. The van der Waals surface area contributed by atoms with E-state index < -0.39 is 15.9 Å². The zero-order chi connectivity index (χ0) is 25.2. The van der Waals surface area contributed by atoms with E-state index in [1.165, 1.54) is 13.2 Å². The van der Waals surface area contributed by atoms with E-state index in [1.807, 2.05) is 44.2 Å². The highest BCUT2D eigenvalue weighted by molar-refractivity contribution is 7.92. The number of aryl methyl sites for hydroxylation is 2. The number of anilines is 2. The summed E-state index contributed by atoms with van der Waals surface area (Å²) in [4.78, 5) is 13.1. The lowest BCUT2D eigenvalue weighted by atomic mass is 10.1. The molecule has 2 N–H and O–H groups in total. The van der Waals surface area contributed by atoms with Gasteiger partial charge in [0.05, 0.1) is 34.8 Å². The highest BCUT2D eigenvalue weighted by Crippen LogP contribution is 2.26. The van der Waals surface area contributed by atoms with Crippen LogP contribution in [-0.2, 0) is 10.0 Å². The standard InChI is InChI=1S/C26H26N4O4S/c1-17-10-11-20(16-24(17)35(32,33)29-21-12-14-23(34-4)15-13-21)26(31)27-25-18(2)28-30(19(25)3)22-8-6-5-7-9-22/h5-16,29H,1-4H3,(H,27,31). The van der Waals surface area contributed by atoms with Gasteiger partial charge in [-0.05, 0) is 74.9 Å². The van der Waals surface area contributed by atoms with Gasteiger partial charge in [-0.3, -0.25) is 9.52 Å². The average molecular weight is 491 g/mol. The highest BCUT2D eigenvalue weighted by Gasteiger charge is 2.21. The molecule has 35 heavy (non-hydrogen) atoms. The molecule has 1 amide bonds. The second kappa shape index (κ2) is 9.63. The number of rotatable bonds is 7. The van der Waals surface area contributed by atoms with Crippen LogP contribution in [0.15, 0.2) is 77.7 Å². The quantitative estimate of drug-likeness (QED) is 0.385. The fourth-order valence-electron chi connectivity index (χ4n) is 3.73. The molecule has 0 unspecified atom stereocenters. The second-order valence-electron chi connectivity index (χ2n) is 8.06. The van der Waals surface area contributed by atoms with Crippen molar-refractivity contribution in [3.8, 4) is 11.4 Å². The van der Waals surface area contributed by atoms with Crippen molar-refractivity contribution in [2.24, 2.45) is 0 Å². The molecule has 0 aliphatic carbocycles. The maximum atomic E-state index is 13.1. The van der Waals surface area contributed by atoms with Gasteiger partial charge >= 0.3 is 0 Å². The third-order valence-electron chi connectivity index (χ3n) is 5.61. The fraction of sp³-hybridized carbons (Fsp3) is 0.154. The smallest absolute Gasteiger partial charge is 0.262 e. The van der Waals surface area contributed by atoms with E-state index in [9.17, 15) is 13.2 Å². The number of carbonyl (C=O) groups is 1. The summed E-state index contributed by atoms with van der Waals surface area (Å²) in [5.74, 6) is 0.189. The van der Waals surface area contributed by atoms with E-state index in [1.54, 1.807) is 48.0 Å². The van der Waals surface area contributed by atoms with Crippen molar-refractivity contribution >= 4 is 27.3 Å². The van der Waals surface area contributed by atoms with E-state index in [0.717, 1.165) is 11.4 Å². The van der Waals surface area contributed by atoms with Gasteiger partial charge in [0.15, 0.2) is 0 Å². The first-order chi connectivity index (χ1) is 16.7. The molecule has 0 fully saturated rings. The van der Waals surface area contributed by atoms with Gasteiger partial charge in [0, 0.05) is 11.3 Å². The number of hydrogen-bond donors (Lipinski definition) is 2. The molecular weight excluding hydrogens is 464 g/mol. The molecular formula is C26H26N4O4S. The molecule has 4 rings (SSSR count). The summed E-state index contributed by atoms with van der Waals surface area (Å²) in [6.45, 7) is 5.36. The predicted octanol–water partition coefficient (Wildman–Crippen LogP) is 4.86. The number of para-hydroxylation sites is 1. The van der Waals surface area contributed by atoms with Crippen molar-refractivity contribution < 1.29 is 17.9 Å². The monoisotopic (exact) mass is 490 g/mol. The van der Waals surface area contributed by atoms with Crippen LogP contribution in [-0.4, -0.2) is 31.2 Å². The largest absolute Gasteiger partial charge is 0.497 e. The summed E-state index contributed by atoms with van der Waals surface area (Å²) in [5.41, 5.74) is 4.01. The molecule has 0 radical (unpaired) electrons. The number of nitrogens with zero attached hydrogens (tertiary/aromatic N) is 2. The van der Waals surface area contributed by atoms with E-state index in [0.29, 0.717) is 28.4 Å². The van der Waals surface area contributed by atoms with Gasteiger partial charge in [0.1, 0.15) is 5.75 Å². The fourth-order valence-corrected chi connectivity index (χ4v) is 5.06. The molecule has 0 bridgehead atoms. The van der Waals surface area contributed by atoms with Gasteiger partial charge < -0.3 is 10.1 Å². The zero-order valence-electron chi connectivity index (χ0n) is 19.9. The molecule has 180 valence electrons. The van der Waals surface area contributed by atoms with Gasteiger partial charge in [-0.2, -0.15) is 5.10 Å². The normalized spacial score (nSPS) is 11.2. The lowest BCUT2D eigenvalue weighted by molar-refractivity contribution is 0.102. The third kappa shape index (κ3) is 5.04. The van der Waals surface area contributed by atoms with Crippen LogP contribution in [0.5, 0.6) is 5.75 Å². The Labute approximate surface area is 204 Å². The minimum Gasteiger partial charge on any atom is -0.497 e. The molecule has 1 heterocycles. The number of benzene rings is 3. The SMILES string of the molecule is COc1ccc(NS(=O)(=O)c2cc(C(=O)Nc3c(C)nn(-c4ccccc4)c3C)ccc2C)cc1. The summed E-state index contributed by atoms with van der Waals surface area (Å²) in [6.07, 6.45) is 0. The Bertz CT molecular complexity index is 1480. The Balaban J connectivity index is 1.60. The van der Waals surface area contributed by atoms with Crippen LogP contribution in [0, 0.1) is 20.8 Å². The number of amides is 1. The minimum atomic E-state index is -3.93. The molecule has 0 spiro atoms. The Morgan fingerprint density at radius 3 is 2.29 bits per heavy atom. The van der Waals surface area contributed by atoms with Gasteiger partial charge in [-0.15, -0.1) is 0 Å². The summed E-state index contributed by atoms with van der Waals surface area (Å²) in [6, 6.07) is 20.7. The average Bonchev–Trinajstić information content (AvgIpc) is 3.13. The Morgan fingerprint density at radius 2 is 1.63 bits per heavy atom. The molecule has 0 saturated carbocycles. The molecule has 0 saturated heterocycles. The molecule has 0 aliphatic heterocycles. The molecule has 3 aromatic carbocycles. The minimum absolute atomic E-state index is 0.0226. The van der Waals surface area contributed by atoms with E-state index >= 15 is 0 Å². The summed E-state index contributed by atoms with van der Waals surface area (Å²) < 4.78 is 35.6. The van der Waals surface area contributed by atoms with Crippen molar-refractivity contribution in [3.05, 3.63) is 95.3 Å². The van der Waals surface area contributed by atoms with E-state index in [2.05, 4.69) is 15.1 Å². The second-order valence-corrected chi connectivity index (χ2v) is 9.71. The molecule has 1 aromatic heterocycles. The van der Waals surface area contributed by atoms with Crippen molar-refractivity contribution in [3.63, 3.8) is 0 Å². The number of sulfonamides is 1. The molecule has 4 aromatic rings. The molecule has 0 aliphatic rings. The van der Waals surface area contributed by atoms with E-state index in [-0.39, 0.29) is 10.5 Å². The zero-order valence-corrected chi connectivity index (χ0v) is 20.7. The Hall–Kier alpha value is -4.11. The first kappa shape index (κ1) is 24.0. The van der Waals surface area contributed by atoms with Crippen molar-refractivity contribution in [1.82, 2.24) is 9.78 Å². The molecule has 0 atom stereocenters. The van der Waals surface area contributed by atoms with Crippen molar-refractivity contribution in [2.75, 3.05) is 17.1 Å². The first-order valence-electron chi connectivity index (χ1n) is 10.9. The van der Waals surface area contributed by atoms with E-state index in [4.69, 9.17) is 4.74 Å². The third-order valence-corrected chi connectivity index (χ3v) is 7.14. The summed E-state index contributed by atoms with van der Waals surface area (Å²) in [5, 5.41) is 7.44. The number of aromatic nitrogens is 2. The maximum Gasteiger partial charge on any atom is 0.262 e. The lowest BCUT2D eigenvalue weighted by Crippen LogP contribution is -2.17. The summed E-state index contributed by atoms with van der Waals surface area (Å²) >= 11 is 0. The van der Waals surface area contributed by atoms with Crippen LogP contribution in [0.4, 0.5) is 11.4 Å². The van der Waals surface area contributed by atoms with Crippen LogP contribution >= 0.6 is 0 Å². The number of nitrogens with one attached hydrogen (secondary N) is 2. The Morgan fingerprint density at radius 1 is 0.943 bits per heavy atom. The van der Waals surface area contributed by atoms with Crippen molar-refractivity contribution in [1.29, 1.82) is 0 Å². The first-order valence-corrected chi connectivity index (χ1v) is 12.4. The molecule has 9 heteroatoms. The predicted molar refractivity (Wildman–Crippen MR) is 136 cm³/mol. The van der Waals surface area contributed by atoms with Crippen molar-refractivity contribution in [2.45, 2.75) is 25.7 Å². The van der Waals surface area contributed by atoms with Crippen LogP contribution in [0.2, 0.25) is 0 Å². The highest BCUT2D eigenvalue weighted by atomic mass is 32.2. The van der Waals surface area contributed by atoms with Gasteiger partial charge in [-0.25, -0.2) is 13.1 Å². The summed E-state index contributed by atoms with van der Waals surface area (Å²) in [7, 11) is -2.39. The number of methoxy groups -OCH3 is 1. The Kier molecular flexibility index (Phi) is 6.61. The van der Waals surface area contributed by atoms with Crippen LogP contribution in [0.3, 0.4) is 0 Å². The van der Waals surface area contributed by atoms with Crippen LogP contribution in [0.25, 0.3) is 5.69 Å². The molecule has 8 nitrogen and oxygen atoms in total. The number of ether oxygens (including phenoxy) is 1. The van der Waals surface area contributed by atoms with Gasteiger partial charge in [0.2, 0.25) is 0 Å². The van der Waals surface area contributed by atoms with Gasteiger partial charge in [-0.1, -0.05) is 24.3 Å². The van der Waals surface area contributed by atoms with Crippen LogP contribution in [0.1, 0.15) is 27.3 Å². The number of hydrogen-bond acceptors (Lipinski definition) is 5. The van der Waals surface area contributed by atoms with Gasteiger partial charge in [0.25, 0.3) is 15.9 Å². The lowest BCUT2D eigenvalue weighted by Gasteiger charge is -2.13. The number of carbonyl (C=O) groups excluding carboxylic acids is 1. The topological polar surface area (TPSA) is 102 Å². The van der Waals surface area contributed by atoms with Crippen LogP contribution < -0.4 is 14.8 Å².